The Bertz CT molecular complexity index is 632. The average molecular weight is 354 g/mol. The maximum Gasteiger partial charge on any atom is 0.434 e. The Labute approximate surface area is 131 Å². The summed E-state index contributed by atoms with van der Waals surface area (Å²) in [5, 5.41) is 11.9. The van der Waals surface area contributed by atoms with E-state index in [9.17, 15) is 9.59 Å². The van der Waals surface area contributed by atoms with E-state index in [2.05, 4.69) is 26.2 Å². The van der Waals surface area contributed by atoms with Crippen molar-refractivity contribution in [3.63, 3.8) is 0 Å². The van der Waals surface area contributed by atoms with Crippen LogP contribution in [0.2, 0.25) is 0 Å². The van der Waals surface area contributed by atoms with E-state index in [0.29, 0.717) is 0 Å². The minimum absolute atomic E-state index is 0.0353. The Balaban J connectivity index is 2.51. The van der Waals surface area contributed by atoms with Gasteiger partial charge in [-0.3, -0.25) is 9.69 Å². The van der Waals surface area contributed by atoms with Crippen molar-refractivity contribution < 1.29 is 14.7 Å². The summed E-state index contributed by atoms with van der Waals surface area (Å²) in [6.45, 7) is 3.67. The zero-order valence-corrected chi connectivity index (χ0v) is 13.5. The van der Waals surface area contributed by atoms with E-state index in [4.69, 9.17) is 5.11 Å². The Morgan fingerprint density at radius 1 is 1.52 bits per heavy atom. The molecule has 0 radical (unpaired) electrons. The average Bonchev–Trinajstić information content (AvgIpc) is 2.42. The highest BCUT2D eigenvalue weighted by molar-refractivity contribution is 9.10. The fourth-order valence-electron chi connectivity index (χ4n) is 2.39. The SMILES string of the molecule is C[C@H]1C(=O)N(C)/C(=N\C(=O)O)N[C@]1(C)c1cccc(Br)c1. The molecule has 0 spiro atoms. The van der Waals surface area contributed by atoms with Gasteiger partial charge in [0, 0.05) is 11.5 Å². The van der Waals surface area contributed by atoms with E-state index in [1.54, 1.807) is 0 Å². The Hall–Kier alpha value is -1.89. The molecule has 2 N–H and O–H groups in total. The molecule has 1 saturated heterocycles. The number of guanidine groups is 1. The fourth-order valence-corrected chi connectivity index (χ4v) is 2.79. The number of carboxylic acid groups (broad SMARTS) is 1. The third kappa shape index (κ3) is 2.78. The molecule has 2 rings (SSSR count). The molecule has 1 aromatic rings. The number of aliphatic imine (C=N–C) groups is 1. The number of hydrogen-bond donors (Lipinski definition) is 2. The van der Waals surface area contributed by atoms with E-state index in [0.717, 1.165) is 10.0 Å². The first-order chi connectivity index (χ1) is 9.75. The largest absolute Gasteiger partial charge is 0.463 e. The van der Waals surface area contributed by atoms with Crippen LogP contribution < -0.4 is 5.32 Å². The molecule has 1 aliphatic heterocycles. The zero-order chi connectivity index (χ0) is 15.8. The van der Waals surface area contributed by atoms with E-state index in [1.807, 2.05) is 38.1 Å². The molecule has 1 aliphatic rings. The van der Waals surface area contributed by atoms with Crippen LogP contribution in [0.3, 0.4) is 0 Å². The lowest BCUT2D eigenvalue weighted by molar-refractivity contribution is -0.134. The molecule has 0 bridgehead atoms. The second kappa shape index (κ2) is 5.48. The normalized spacial score (nSPS) is 27.6. The van der Waals surface area contributed by atoms with Crippen LogP contribution in [-0.4, -0.2) is 35.0 Å². The van der Waals surface area contributed by atoms with Gasteiger partial charge in [-0.1, -0.05) is 35.0 Å². The van der Waals surface area contributed by atoms with Crippen LogP contribution in [0.4, 0.5) is 4.79 Å². The Kier molecular flexibility index (Phi) is 4.04. The molecule has 0 aliphatic carbocycles. The lowest BCUT2D eigenvalue weighted by atomic mass is 9.78. The van der Waals surface area contributed by atoms with Gasteiger partial charge in [-0.2, -0.15) is 0 Å². The number of carbonyl (C=O) groups excluding carboxylic acids is 1. The van der Waals surface area contributed by atoms with E-state index < -0.39 is 11.6 Å². The van der Waals surface area contributed by atoms with Gasteiger partial charge in [0.25, 0.3) is 0 Å². The van der Waals surface area contributed by atoms with Crippen molar-refractivity contribution in [2.24, 2.45) is 10.9 Å². The third-order valence-corrected chi connectivity index (χ3v) is 4.38. The lowest BCUT2D eigenvalue weighted by Crippen LogP contribution is -2.63. The first kappa shape index (κ1) is 15.5. The third-order valence-electron chi connectivity index (χ3n) is 3.88. The first-order valence-corrected chi connectivity index (χ1v) is 7.18. The van der Waals surface area contributed by atoms with Gasteiger partial charge in [0.15, 0.2) is 0 Å². The minimum Gasteiger partial charge on any atom is -0.463 e. The summed E-state index contributed by atoms with van der Waals surface area (Å²) in [5.74, 6) is -0.520. The molecule has 1 fully saturated rings. The van der Waals surface area contributed by atoms with Gasteiger partial charge in [0.2, 0.25) is 11.9 Å². The first-order valence-electron chi connectivity index (χ1n) is 6.39. The predicted molar refractivity (Wildman–Crippen MR) is 82.0 cm³/mol. The van der Waals surface area contributed by atoms with Gasteiger partial charge < -0.3 is 10.4 Å². The van der Waals surface area contributed by atoms with Crippen molar-refractivity contribution in [2.45, 2.75) is 19.4 Å². The van der Waals surface area contributed by atoms with Crippen molar-refractivity contribution in [3.8, 4) is 0 Å². The molecule has 0 unspecified atom stereocenters. The standard InChI is InChI=1S/C14H16BrN3O3/c1-8-11(19)18(3)12(16-13(20)21)17-14(8,2)9-5-4-6-10(15)7-9/h4-8H,1-3H3,(H,16,17)(H,20,21)/t8-,14-/m0/s1. The predicted octanol–water partition coefficient (Wildman–Crippen LogP) is 2.40. The van der Waals surface area contributed by atoms with Gasteiger partial charge in [-0.25, -0.2) is 4.79 Å². The Morgan fingerprint density at radius 2 is 2.19 bits per heavy atom. The fraction of sp³-hybridized carbons (Fsp3) is 0.357. The molecule has 1 heterocycles. The second-order valence-electron chi connectivity index (χ2n) is 5.17. The quantitative estimate of drug-likeness (QED) is 0.811. The van der Waals surface area contributed by atoms with Crippen LogP contribution in [0.15, 0.2) is 33.7 Å². The summed E-state index contributed by atoms with van der Waals surface area (Å²) in [4.78, 5) is 27.9. The van der Waals surface area contributed by atoms with Gasteiger partial charge >= 0.3 is 6.09 Å². The van der Waals surface area contributed by atoms with Gasteiger partial charge in [-0.05, 0) is 24.6 Å². The van der Waals surface area contributed by atoms with E-state index in [1.165, 1.54) is 11.9 Å². The number of nitrogens with one attached hydrogen (secondary N) is 1. The van der Waals surface area contributed by atoms with Crippen LogP contribution in [0.25, 0.3) is 0 Å². The zero-order valence-electron chi connectivity index (χ0n) is 11.9. The van der Waals surface area contributed by atoms with Crippen LogP contribution in [-0.2, 0) is 10.3 Å². The molecule has 2 amide bonds. The number of amides is 2. The van der Waals surface area contributed by atoms with Gasteiger partial charge in [0.05, 0.1) is 11.5 Å². The van der Waals surface area contributed by atoms with E-state index >= 15 is 0 Å². The molecule has 0 saturated carbocycles. The number of benzene rings is 1. The van der Waals surface area contributed by atoms with Crippen molar-refractivity contribution in [3.05, 3.63) is 34.3 Å². The number of nitrogens with zero attached hydrogens (tertiary/aromatic N) is 2. The molecular weight excluding hydrogens is 338 g/mol. The summed E-state index contributed by atoms with van der Waals surface area (Å²) < 4.78 is 0.887. The number of hydrogen-bond acceptors (Lipinski definition) is 2. The van der Waals surface area contributed by atoms with Crippen LogP contribution in [0.5, 0.6) is 0 Å². The minimum atomic E-state index is -1.34. The number of halogens is 1. The summed E-state index contributed by atoms with van der Waals surface area (Å²) in [7, 11) is 1.51. The summed E-state index contributed by atoms with van der Waals surface area (Å²) >= 11 is 3.41. The van der Waals surface area contributed by atoms with Crippen molar-refractivity contribution in [1.82, 2.24) is 10.2 Å². The topological polar surface area (TPSA) is 82.0 Å². The maximum absolute atomic E-state index is 12.4. The molecule has 0 aromatic heterocycles. The molecule has 7 heteroatoms. The number of carbonyl (C=O) groups is 2. The molecule has 1 aromatic carbocycles. The van der Waals surface area contributed by atoms with Crippen LogP contribution in [0.1, 0.15) is 19.4 Å². The van der Waals surface area contributed by atoms with Gasteiger partial charge in [-0.15, -0.1) is 4.99 Å². The van der Waals surface area contributed by atoms with Crippen molar-refractivity contribution in [2.75, 3.05) is 7.05 Å². The molecule has 21 heavy (non-hydrogen) atoms. The molecule has 6 nitrogen and oxygen atoms in total. The van der Waals surface area contributed by atoms with Crippen molar-refractivity contribution in [1.29, 1.82) is 0 Å². The maximum atomic E-state index is 12.4. The van der Waals surface area contributed by atoms with Crippen molar-refractivity contribution >= 4 is 33.9 Å². The van der Waals surface area contributed by atoms with Crippen LogP contribution >= 0.6 is 15.9 Å². The smallest absolute Gasteiger partial charge is 0.434 e. The highest BCUT2D eigenvalue weighted by Gasteiger charge is 2.45. The summed E-state index contributed by atoms with van der Waals surface area (Å²) in [6, 6.07) is 7.56. The summed E-state index contributed by atoms with van der Waals surface area (Å²) in [5.41, 5.74) is 0.144. The highest BCUT2D eigenvalue weighted by Crippen LogP contribution is 2.34. The summed E-state index contributed by atoms with van der Waals surface area (Å²) in [6.07, 6.45) is -1.34. The molecule has 2 atom stereocenters. The molecule has 112 valence electrons. The van der Waals surface area contributed by atoms with Gasteiger partial charge in [0.1, 0.15) is 0 Å². The van der Waals surface area contributed by atoms with E-state index in [-0.39, 0.29) is 17.8 Å². The molecular formula is C14H16BrN3O3. The monoisotopic (exact) mass is 353 g/mol. The number of rotatable bonds is 1. The highest BCUT2D eigenvalue weighted by atomic mass is 79.9. The second-order valence-corrected chi connectivity index (χ2v) is 6.09. The lowest BCUT2D eigenvalue weighted by Gasteiger charge is -2.44. The van der Waals surface area contributed by atoms with Crippen LogP contribution in [0, 0.1) is 5.92 Å². The Morgan fingerprint density at radius 3 is 2.76 bits per heavy atom.